The van der Waals surface area contributed by atoms with E-state index in [0.29, 0.717) is 6.54 Å². The normalized spacial score (nSPS) is 12.2. The van der Waals surface area contributed by atoms with Crippen molar-refractivity contribution >= 4 is 39.6 Å². The number of imidazole rings is 1. The Kier molecular flexibility index (Phi) is 4.83. The molecule has 4 rings (SSSR count). The predicted octanol–water partition coefficient (Wildman–Crippen LogP) is 4.65. The maximum Gasteiger partial charge on any atom is 0.165 e. The zero-order chi connectivity index (χ0) is 17.9. The summed E-state index contributed by atoms with van der Waals surface area (Å²) in [6.45, 7) is 2.85. The van der Waals surface area contributed by atoms with Gasteiger partial charge in [0.25, 0.3) is 0 Å². The van der Waals surface area contributed by atoms with Crippen LogP contribution in [0.4, 0.5) is 5.82 Å². The fourth-order valence-corrected chi connectivity index (χ4v) is 3.60. The minimum absolute atomic E-state index is 0.152. The lowest BCUT2D eigenvalue weighted by Crippen LogP contribution is -2.07. The van der Waals surface area contributed by atoms with Crippen molar-refractivity contribution in [3.8, 4) is 0 Å². The Labute approximate surface area is 165 Å². The number of fused-ring (bicyclic) bond motifs is 1. The van der Waals surface area contributed by atoms with E-state index < -0.39 is 0 Å². The Hall–Kier alpha value is -2.48. The number of hydrogen-bond donors (Lipinski definition) is 1. The van der Waals surface area contributed by atoms with Gasteiger partial charge in [0, 0.05) is 10.1 Å². The second-order valence-electron chi connectivity index (χ2n) is 6.12. The zero-order valence-electron chi connectivity index (χ0n) is 14.3. The van der Waals surface area contributed by atoms with Crippen molar-refractivity contribution in [1.29, 1.82) is 0 Å². The fourth-order valence-electron chi connectivity index (χ4n) is 2.99. The van der Waals surface area contributed by atoms with Gasteiger partial charge in [-0.2, -0.15) is 0 Å². The quantitative estimate of drug-likeness (QED) is 0.445. The highest BCUT2D eigenvalue weighted by Crippen LogP contribution is 2.25. The van der Waals surface area contributed by atoms with Crippen molar-refractivity contribution < 1.29 is 0 Å². The Balaban J connectivity index is 1.63. The molecule has 0 amide bonds. The van der Waals surface area contributed by atoms with Crippen LogP contribution >= 0.6 is 22.6 Å². The first-order valence-corrected chi connectivity index (χ1v) is 9.51. The molecule has 0 bridgehead atoms. The summed E-state index contributed by atoms with van der Waals surface area (Å²) >= 11 is 2.32. The lowest BCUT2D eigenvalue weighted by Gasteiger charge is -2.14. The third kappa shape index (κ3) is 3.41. The van der Waals surface area contributed by atoms with Crippen molar-refractivity contribution in [3.05, 3.63) is 81.9 Å². The van der Waals surface area contributed by atoms with E-state index in [1.54, 1.807) is 6.33 Å². The molecule has 0 radical (unpaired) electrons. The SMILES string of the molecule is CC(c1ccccc1)n1cnc2c(NCc3cccc(I)c3)ncnc21. The Morgan fingerprint density at radius 1 is 1.04 bits per heavy atom. The minimum atomic E-state index is 0.152. The molecule has 0 spiro atoms. The standard InChI is InChI=1S/C20H18IN5/c1-14(16-7-3-2-4-8-16)26-13-25-18-19(23-12-24-20(18)26)22-11-15-6-5-9-17(21)10-15/h2-10,12-14H,11H2,1H3,(H,22,23,24). The lowest BCUT2D eigenvalue weighted by molar-refractivity contribution is 0.652. The first kappa shape index (κ1) is 17.0. The molecule has 0 aliphatic carbocycles. The second-order valence-corrected chi connectivity index (χ2v) is 7.36. The highest BCUT2D eigenvalue weighted by Gasteiger charge is 2.15. The van der Waals surface area contributed by atoms with Gasteiger partial charge in [-0.25, -0.2) is 15.0 Å². The van der Waals surface area contributed by atoms with E-state index in [1.807, 2.05) is 24.5 Å². The molecule has 0 aliphatic heterocycles. The van der Waals surface area contributed by atoms with Crippen LogP contribution in [0, 0.1) is 3.57 Å². The molecule has 6 heteroatoms. The summed E-state index contributed by atoms with van der Waals surface area (Å²) < 4.78 is 3.30. The average Bonchev–Trinajstić information content (AvgIpc) is 3.11. The van der Waals surface area contributed by atoms with Gasteiger partial charge < -0.3 is 9.88 Å². The number of rotatable bonds is 5. The summed E-state index contributed by atoms with van der Waals surface area (Å²) in [4.78, 5) is 13.4. The molecule has 0 fully saturated rings. The molecular formula is C20H18IN5. The van der Waals surface area contributed by atoms with E-state index in [0.717, 1.165) is 17.0 Å². The number of halogens is 1. The minimum Gasteiger partial charge on any atom is -0.364 e. The van der Waals surface area contributed by atoms with Gasteiger partial charge in [-0.05, 0) is 52.8 Å². The highest BCUT2D eigenvalue weighted by atomic mass is 127. The van der Waals surface area contributed by atoms with Gasteiger partial charge in [0.05, 0.1) is 12.4 Å². The van der Waals surface area contributed by atoms with Crippen LogP contribution in [0.15, 0.2) is 67.3 Å². The monoisotopic (exact) mass is 455 g/mol. The Morgan fingerprint density at radius 3 is 2.69 bits per heavy atom. The van der Waals surface area contributed by atoms with E-state index in [4.69, 9.17) is 0 Å². The van der Waals surface area contributed by atoms with Crippen LogP contribution < -0.4 is 5.32 Å². The molecule has 0 aliphatic rings. The number of hydrogen-bond acceptors (Lipinski definition) is 4. The molecule has 4 aromatic rings. The number of anilines is 1. The number of aromatic nitrogens is 4. The molecule has 2 aromatic heterocycles. The summed E-state index contributed by atoms with van der Waals surface area (Å²) in [5.74, 6) is 0.757. The van der Waals surface area contributed by atoms with Crippen molar-refractivity contribution in [1.82, 2.24) is 19.5 Å². The maximum absolute atomic E-state index is 4.57. The van der Waals surface area contributed by atoms with Gasteiger partial charge in [0.1, 0.15) is 11.8 Å². The van der Waals surface area contributed by atoms with Crippen molar-refractivity contribution in [3.63, 3.8) is 0 Å². The van der Waals surface area contributed by atoms with Gasteiger partial charge in [0.15, 0.2) is 11.5 Å². The highest BCUT2D eigenvalue weighted by molar-refractivity contribution is 14.1. The largest absolute Gasteiger partial charge is 0.364 e. The van der Waals surface area contributed by atoms with Crippen molar-refractivity contribution in [2.75, 3.05) is 5.32 Å². The third-order valence-electron chi connectivity index (χ3n) is 4.41. The molecule has 1 N–H and O–H groups in total. The van der Waals surface area contributed by atoms with E-state index in [9.17, 15) is 0 Å². The number of benzene rings is 2. The van der Waals surface area contributed by atoms with E-state index >= 15 is 0 Å². The van der Waals surface area contributed by atoms with E-state index in [-0.39, 0.29) is 6.04 Å². The molecule has 1 atom stereocenters. The maximum atomic E-state index is 4.57. The third-order valence-corrected chi connectivity index (χ3v) is 5.08. The predicted molar refractivity (Wildman–Crippen MR) is 112 cm³/mol. The second kappa shape index (κ2) is 7.41. The van der Waals surface area contributed by atoms with Crippen LogP contribution in [0.3, 0.4) is 0 Å². The number of nitrogens with zero attached hydrogens (tertiary/aromatic N) is 4. The van der Waals surface area contributed by atoms with Crippen molar-refractivity contribution in [2.45, 2.75) is 19.5 Å². The van der Waals surface area contributed by atoms with Crippen LogP contribution in [-0.2, 0) is 6.54 Å². The number of nitrogens with one attached hydrogen (secondary N) is 1. The van der Waals surface area contributed by atoms with Crippen LogP contribution in [0.25, 0.3) is 11.2 Å². The molecule has 26 heavy (non-hydrogen) atoms. The van der Waals surface area contributed by atoms with Crippen LogP contribution in [0.5, 0.6) is 0 Å². The van der Waals surface area contributed by atoms with Gasteiger partial charge in [-0.3, -0.25) is 0 Å². The molecule has 0 saturated heterocycles. The summed E-state index contributed by atoms with van der Waals surface area (Å²) in [7, 11) is 0. The molecule has 2 heterocycles. The van der Waals surface area contributed by atoms with Gasteiger partial charge in [0.2, 0.25) is 0 Å². The molecular weight excluding hydrogens is 437 g/mol. The fraction of sp³-hybridized carbons (Fsp3) is 0.150. The molecule has 0 saturated carbocycles. The van der Waals surface area contributed by atoms with Gasteiger partial charge in [-0.1, -0.05) is 42.5 Å². The lowest BCUT2D eigenvalue weighted by atomic mass is 10.1. The van der Waals surface area contributed by atoms with E-state index in [2.05, 4.69) is 90.7 Å². The Bertz CT molecular complexity index is 1030. The molecule has 5 nitrogen and oxygen atoms in total. The van der Waals surface area contributed by atoms with Crippen molar-refractivity contribution in [2.24, 2.45) is 0 Å². The summed E-state index contributed by atoms with van der Waals surface area (Å²) in [5, 5.41) is 3.39. The van der Waals surface area contributed by atoms with Crippen LogP contribution in [0.1, 0.15) is 24.1 Å². The van der Waals surface area contributed by atoms with Crippen LogP contribution in [0.2, 0.25) is 0 Å². The van der Waals surface area contributed by atoms with Gasteiger partial charge in [-0.15, -0.1) is 0 Å². The van der Waals surface area contributed by atoms with Gasteiger partial charge >= 0.3 is 0 Å². The summed E-state index contributed by atoms with van der Waals surface area (Å²) in [6.07, 6.45) is 3.43. The molecule has 130 valence electrons. The molecule has 2 aromatic carbocycles. The summed E-state index contributed by atoms with van der Waals surface area (Å²) in [5.41, 5.74) is 4.06. The molecule has 1 unspecified atom stereocenters. The first-order valence-electron chi connectivity index (χ1n) is 8.43. The van der Waals surface area contributed by atoms with E-state index in [1.165, 1.54) is 14.7 Å². The summed E-state index contributed by atoms with van der Waals surface area (Å²) in [6, 6.07) is 18.9. The average molecular weight is 455 g/mol. The topological polar surface area (TPSA) is 55.6 Å². The zero-order valence-corrected chi connectivity index (χ0v) is 16.5. The smallest absolute Gasteiger partial charge is 0.165 e. The van der Waals surface area contributed by atoms with Crippen LogP contribution in [-0.4, -0.2) is 19.5 Å². The first-order chi connectivity index (χ1) is 12.7. The Morgan fingerprint density at radius 2 is 1.88 bits per heavy atom.